The smallest absolute Gasteiger partial charge is 0.327 e. The monoisotopic (exact) mass is 265 g/mol. The van der Waals surface area contributed by atoms with Gasteiger partial charge in [-0.2, -0.15) is 0 Å². The third-order valence-electron chi connectivity index (χ3n) is 2.91. The van der Waals surface area contributed by atoms with Crippen molar-refractivity contribution in [2.24, 2.45) is 0 Å². The van der Waals surface area contributed by atoms with Crippen molar-refractivity contribution in [3.05, 3.63) is 71.8 Å². The van der Waals surface area contributed by atoms with Crippen molar-refractivity contribution in [1.82, 2.24) is 0 Å². The molecule has 1 fully saturated rings. The highest BCUT2D eigenvalue weighted by molar-refractivity contribution is 6.28. The Morgan fingerprint density at radius 1 is 0.850 bits per heavy atom. The molecule has 0 atom stereocenters. The molecule has 20 heavy (non-hydrogen) atoms. The Labute approximate surface area is 115 Å². The van der Waals surface area contributed by atoms with Gasteiger partial charge in [-0.1, -0.05) is 48.5 Å². The lowest BCUT2D eigenvalue weighted by Gasteiger charge is -2.11. The highest BCUT2D eigenvalue weighted by Gasteiger charge is 2.37. The summed E-state index contributed by atoms with van der Waals surface area (Å²) in [5.41, 5.74) is 1.34. The summed E-state index contributed by atoms with van der Waals surface area (Å²) in [6.45, 7) is 0. The number of benzene rings is 2. The summed E-state index contributed by atoms with van der Waals surface area (Å²) < 4.78 is 0. The second kappa shape index (κ2) is 5.01. The van der Waals surface area contributed by atoms with Gasteiger partial charge in [0.15, 0.2) is 0 Å². The fraction of sp³-hybridized carbons (Fsp3) is 0. The van der Waals surface area contributed by atoms with Crippen LogP contribution in [0.2, 0.25) is 0 Å². The van der Waals surface area contributed by atoms with Crippen molar-refractivity contribution in [3.8, 4) is 0 Å². The lowest BCUT2D eigenvalue weighted by Crippen LogP contribution is -2.22. The zero-order chi connectivity index (χ0) is 13.9. The highest BCUT2D eigenvalue weighted by atomic mass is 16.7. The fourth-order valence-corrected chi connectivity index (χ4v) is 1.94. The minimum atomic E-state index is -0.636. The molecule has 4 heteroatoms. The summed E-state index contributed by atoms with van der Waals surface area (Å²) >= 11 is 0. The van der Waals surface area contributed by atoms with E-state index in [-0.39, 0.29) is 5.57 Å². The minimum Gasteiger partial charge on any atom is -0.327 e. The average Bonchev–Trinajstić information content (AvgIpc) is 2.77. The van der Waals surface area contributed by atoms with Crippen LogP contribution in [-0.2, 0) is 14.4 Å². The number of carbonyl (C=O) groups excluding carboxylic acids is 2. The number of amides is 1. The number of hydroxylamine groups is 1. The van der Waals surface area contributed by atoms with Gasteiger partial charge in [0.2, 0.25) is 0 Å². The predicted molar refractivity (Wildman–Crippen MR) is 74.4 cm³/mol. The quantitative estimate of drug-likeness (QED) is 0.619. The van der Waals surface area contributed by atoms with Crippen LogP contribution in [0.5, 0.6) is 0 Å². The lowest BCUT2D eigenvalue weighted by molar-refractivity contribution is -0.137. The maximum atomic E-state index is 12.2. The van der Waals surface area contributed by atoms with Gasteiger partial charge in [-0.05, 0) is 23.8 Å². The molecular formula is C16H11NO3. The van der Waals surface area contributed by atoms with E-state index >= 15 is 0 Å². The Morgan fingerprint density at radius 3 is 2.10 bits per heavy atom. The van der Waals surface area contributed by atoms with E-state index in [0.29, 0.717) is 5.69 Å². The molecule has 3 rings (SSSR count). The van der Waals surface area contributed by atoms with Crippen molar-refractivity contribution in [1.29, 1.82) is 0 Å². The first-order chi connectivity index (χ1) is 9.75. The molecule has 0 saturated carbocycles. The van der Waals surface area contributed by atoms with Gasteiger partial charge in [-0.15, -0.1) is 5.06 Å². The zero-order valence-corrected chi connectivity index (χ0v) is 10.5. The van der Waals surface area contributed by atoms with E-state index in [1.54, 1.807) is 24.3 Å². The van der Waals surface area contributed by atoms with E-state index in [0.717, 1.165) is 10.6 Å². The van der Waals surface area contributed by atoms with Crippen molar-refractivity contribution >= 4 is 23.6 Å². The van der Waals surface area contributed by atoms with E-state index in [9.17, 15) is 9.59 Å². The van der Waals surface area contributed by atoms with Gasteiger partial charge in [0.05, 0.1) is 5.69 Å². The van der Waals surface area contributed by atoms with Crippen LogP contribution < -0.4 is 5.06 Å². The summed E-state index contributed by atoms with van der Waals surface area (Å²) in [5, 5.41) is 1.01. The standard InChI is InChI=1S/C16H11NO3/c18-15-14(11-12-7-3-1-4-8-12)16(19)20-17(15)13-9-5-2-6-10-13/h1-11H. The molecule has 0 aliphatic carbocycles. The van der Waals surface area contributed by atoms with Crippen LogP contribution >= 0.6 is 0 Å². The Balaban J connectivity index is 1.94. The highest BCUT2D eigenvalue weighted by Crippen LogP contribution is 2.24. The van der Waals surface area contributed by atoms with Gasteiger partial charge < -0.3 is 4.84 Å². The summed E-state index contributed by atoms with van der Waals surface area (Å²) in [6.07, 6.45) is 1.54. The molecule has 0 radical (unpaired) electrons. The zero-order valence-electron chi connectivity index (χ0n) is 10.5. The Bertz CT molecular complexity index is 677. The number of para-hydroxylation sites is 1. The largest absolute Gasteiger partial charge is 0.369 e. The second-order valence-electron chi connectivity index (χ2n) is 4.28. The van der Waals surface area contributed by atoms with Gasteiger partial charge in [0.25, 0.3) is 5.91 Å². The van der Waals surface area contributed by atoms with E-state index < -0.39 is 11.9 Å². The molecule has 0 aromatic heterocycles. The van der Waals surface area contributed by atoms with Crippen LogP contribution in [-0.4, -0.2) is 11.9 Å². The van der Waals surface area contributed by atoms with E-state index in [1.807, 2.05) is 36.4 Å². The fourth-order valence-electron chi connectivity index (χ4n) is 1.94. The second-order valence-corrected chi connectivity index (χ2v) is 4.28. The molecule has 4 nitrogen and oxygen atoms in total. The van der Waals surface area contributed by atoms with Crippen molar-refractivity contribution in [2.75, 3.05) is 5.06 Å². The van der Waals surface area contributed by atoms with Gasteiger partial charge in [-0.25, -0.2) is 4.79 Å². The van der Waals surface area contributed by atoms with Crippen LogP contribution in [0.3, 0.4) is 0 Å². The Kier molecular flexibility index (Phi) is 3.05. The summed E-state index contributed by atoms with van der Waals surface area (Å²) in [7, 11) is 0. The number of rotatable bonds is 2. The molecule has 2 aromatic carbocycles. The predicted octanol–water partition coefficient (Wildman–Crippen LogP) is 2.58. The lowest BCUT2D eigenvalue weighted by atomic mass is 10.1. The molecule has 1 aliphatic rings. The van der Waals surface area contributed by atoms with Gasteiger partial charge in [0, 0.05) is 0 Å². The maximum absolute atomic E-state index is 12.2. The van der Waals surface area contributed by atoms with Crippen LogP contribution in [0.15, 0.2) is 66.2 Å². The van der Waals surface area contributed by atoms with Crippen molar-refractivity contribution in [2.45, 2.75) is 0 Å². The number of hydrogen-bond acceptors (Lipinski definition) is 3. The molecule has 0 N–H and O–H groups in total. The third-order valence-corrected chi connectivity index (χ3v) is 2.91. The first kappa shape index (κ1) is 12.2. The summed E-state index contributed by atoms with van der Waals surface area (Å²) in [4.78, 5) is 29.1. The van der Waals surface area contributed by atoms with Crippen LogP contribution in [0.4, 0.5) is 5.69 Å². The molecule has 1 saturated heterocycles. The first-order valence-electron chi connectivity index (χ1n) is 6.14. The molecular weight excluding hydrogens is 254 g/mol. The van der Waals surface area contributed by atoms with Crippen LogP contribution in [0, 0.1) is 0 Å². The van der Waals surface area contributed by atoms with E-state index in [4.69, 9.17) is 4.84 Å². The molecule has 0 unspecified atom stereocenters. The molecule has 1 amide bonds. The molecule has 2 aromatic rings. The molecule has 98 valence electrons. The molecule has 1 aliphatic heterocycles. The molecule has 0 spiro atoms. The average molecular weight is 265 g/mol. The first-order valence-corrected chi connectivity index (χ1v) is 6.14. The number of nitrogens with zero attached hydrogens (tertiary/aromatic N) is 1. The van der Waals surface area contributed by atoms with Crippen LogP contribution in [0.1, 0.15) is 5.56 Å². The number of carbonyl (C=O) groups is 2. The van der Waals surface area contributed by atoms with Gasteiger partial charge in [0.1, 0.15) is 5.57 Å². The Morgan fingerprint density at radius 2 is 1.45 bits per heavy atom. The van der Waals surface area contributed by atoms with E-state index in [1.165, 1.54) is 6.08 Å². The topological polar surface area (TPSA) is 46.6 Å². The molecule has 1 heterocycles. The summed E-state index contributed by atoms with van der Waals surface area (Å²) in [6, 6.07) is 18.0. The van der Waals surface area contributed by atoms with Gasteiger partial charge in [-0.3, -0.25) is 4.79 Å². The van der Waals surface area contributed by atoms with Crippen molar-refractivity contribution in [3.63, 3.8) is 0 Å². The Hall–Kier alpha value is -2.88. The van der Waals surface area contributed by atoms with Crippen LogP contribution in [0.25, 0.3) is 6.08 Å². The van der Waals surface area contributed by atoms with E-state index in [2.05, 4.69) is 0 Å². The molecule has 0 bridgehead atoms. The SMILES string of the molecule is O=C1ON(c2ccccc2)C(=O)C1=Cc1ccccc1. The third kappa shape index (κ3) is 2.19. The van der Waals surface area contributed by atoms with Gasteiger partial charge >= 0.3 is 5.97 Å². The summed E-state index contributed by atoms with van der Waals surface area (Å²) in [5.74, 6) is -1.09. The minimum absolute atomic E-state index is 0.0278. The normalized spacial score (nSPS) is 16.6. The number of anilines is 1. The number of hydrogen-bond donors (Lipinski definition) is 0. The maximum Gasteiger partial charge on any atom is 0.369 e. The van der Waals surface area contributed by atoms with Crippen molar-refractivity contribution < 1.29 is 14.4 Å².